The molecule has 1 fully saturated rings. The third-order valence-electron chi connectivity index (χ3n) is 5.26. The summed E-state index contributed by atoms with van der Waals surface area (Å²) in [4.78, 5) is 0. The fourth-order valence-electron chi connectivity index (χ4n) is 3.04. The van der Waals surface area contributed by atoms with Gasteiger partial charge in [-0.15, -0.1) is 0 Å². The van der Waals surface area contributed by atoms with E-state index in [0.717, 1.165) is 38.5 Å². The molecule has 1 unspecified atom stereocenters. The van der Waals surface area contributed by atoms with Crippen molar-refractivity contribution in [2.75, 3.05) is 19.8 Å². The van der Waals surface area contributed by atoms with Gasteiger partial charge in [-0.2, -0.15) is 0 Å². The highest BCUT2D eigenvalue weighted by Gasteiger charge is 2.40. The van der Waals surface area contributed by atoms with Crippen molar-refractivity contribution in [3.63, 3.8) is 0 Å². The van der Waals surface area contributed by atoms with Crippen molar-refractivity contribution < 1.29 is 15.3 Å². The Morgan fingerprint density at radius 2 is 1.57 bits per heavy atom. The van der Waals surface area contributed by atoms with E-state index in [1.807, 2.05) is 0 Å². The van der Waals surface area contributed by atoms with E-state index in [1.165, 1.54) is 25.7 Å². The number of rotatable bonds is 13. The molecule has 0 heterocycles. The zero-order valence-electron chi connectivity index (χ0n) is 14.1. The van der Waals surface area contributed by atoms with Gasteiger partial charge in [-0.25, -0.2) is 0 Å². The number of hydrogen-bond donors (Lipinski definition) is 3. The summed E-state index contributed by atoms with van der Waals surface area (Å²) in [7, 11) is 0. The molecule has 126 valence electrons. The van der Waals surface area contributed by atoms with Crippen LogP contribution in [0.4, 0.5) is 0 Å². The molecule has 0 saturated heterocycles. The van der Waals surface area contributed by atoms with Crippen LogP contribution in [0, 0.1) is 16.7 Å². The van der Waals surface area contributed by atoms with E-state index in [1.54, 1.807) is 0 Å². The van der Waals surface area contributed by atoms with Crippen molar-refractivity contribution in [3.8, 4) is 0 Å². The topological polar surface area (TPSA) is 60.7 Å². The quantitative estimate of drug-likeness (QED) is 0.456. The van der Waals surface area contributed by atoms with E-state index in [4.69, 9.17) is 0 Å². The summed E-state index contributed by atoms with van der Waals surface area (Å²) in [5.74, 6) is 0.437. The summed E-state index contributed by atoms with van der Waals surface area (Å²) >= 11 is 0. The Kier molecular flexibility index (Phi) is 8.22. The molecule has 0 aromatic heterocycles. The molecule has 3 nitrogen and oxygen atoms in total. The SMILES string of the molecule is CC(C)(CO)CCCCC(CO)CCCCC1(CO)CC1. The summed E-state index contributed by atoms with van der Waals surface area (Å²) in [6.07, 6.45) is 11.5. The van der Waals surface area contributed by atoms with Crippen LogP contribution in [0.15, 0.2) is 0 Å². The van der Waals surface area contributed by atoms with Gasteiger partial charge in [0.1, 0.15) is 0 Å². The van der Waals surface area contributed by atoms with E-state index < -0.39 is 0 Å². The summed E-state index contributed by atoms with van der Waals surface area (Å²) < 4.78 is 0. The molecule has 1 aliphatic rings. The van der Waals surface area contributed by atoms with Crippen LogP contribution in [0.5, 0.6) is 0 Å². The Hall–Kier alpha value is -0.120. The van der Waals surface area contributed by atoms with Crippen LogP contribution in [0.25, 0.3) is 0 Å². The molecular formula is C18H36O3. The molecule has 3 N–H and O–H groups in total. The van der Waals surface area contributed by atoms with Gasteiger partial charge in [-0.05, 0) is 55.3 Å². The van der Waals surface area contributed by atoms with Gasteiger partial charge in [0.25, 0.3) is 0 Å². The fraction of sp³-hybridized carbons (Fsp3) is 1.00. The fourth-order valence-corrected chi connectivity index (χ4v) is 3.04. The first kappa shape index (κ1) is 18.9. The number of unbranched alkanes of at least 4 members (excludes halogenated alkanes) is 2. The minimum atomic E-state index is 0.0393. The maximum absolute atomic E-state index is 9.47. The smallest absolute Gasteiger partial charge is 0.0487 e. The minimum Gasteiger partial charge on any atom is -0.396 e. The second kappa shape index (κ2) is 9.12. The Labute approximate surface area is 130 Å². The molecule has 1 rings (SSSR count). The van der Waals surface area contributed by atoms with Crippen molar-refractivity contribution >= 4 is 0 Å². The molecule has 0 bridgehead atoms. The molecule has 0 radical (unpaired) electrons. The van der Waals surface area contributed by atoms with E-state index in [-0.39, 0.29) is 17.4 Å². The van der Waals surface area contributed by atoms with Crippen LogP contribution < -0.4 is 0 Å². The van der Waals surface area contributed by atoms with Crippen molar-refractivity contribution in [1.82, 2.24) is 0 Å². The Morgan fingerprint density at radius 3 is 2.05 bits per heavy atom. The number of aliphatic hydroxyl groups is 3. The Balaban J connectivity index is 2.03. The molecule has 1 atom stereocenters. The van der Waals surface area contributed by atoms with Crippen LogP contribution in [-0.2, 0) is 0 Å². The summed E-state index contributed by atoms with van der Waals surface area (Å²) in [6.45, 7) is 5.12. The summed E-state index contributed by atoms with van der Waals surface area (Å²) in [5, 5.41) is 28.0. The largest absolute Gasteiger partial charge is 0.396 e. The molecule has 0 aromatic carbocycles. The van der Waals surface area contributed by atoms with Crippen LogP contribution in [0.2, 0.25) is 0 Å². The van der Waals surface area contributed by atoms with Crippen LogP contribution in [0.1, 0.15) is 78.1 Å². The maximum Gasteiger partial charge on any atom is 0.0487 e. The van der Waals surface area contributed by atoms with Crippen LogP contribution >= 0.6 is 0 Å². The molecule has 1 aliphatic carbocycles. The average Bonchev–Trinajstić information content (AvgIpc) is 3.26. The van der Waals surface area contributed by atoms with Gasteiger partial charge in [0.15, 0.2) is 0 Å². The van der Waals surface area contributed by atoms with Gasteiger partial charge < -0.3 is 15.3 Å². The molecule has 3 heteroatoms. The van der Waals surface area contributed by atoms with Crippen LogP contribution in [-0.4, -0.2) is 35.1 Å². The van der Waals surface area contributed by atoms with Gasteiger partial charge in [-0.1, -0.05) is 39.5 Å². The molecule has 0 amide bonds. The van der Waals surface area contributed by atoms with Crippen LogP contribution in [0.3, 0.4) is 0 Å². The lowest BCUT2D eigenvalue weighted by molar-refractivity contribution is 0.144. The monoisotopic (exact) mass is 300 g/mol. The zero-order valence-corrected chi connectivity index (χ0v) is 14.1. The number of hydrogen-bond acceptors (Lipinski definition) is 3. The maximum atomic E-state index is 9.47. The van der Waals surface area contributed by atoms with E-state index in [9.17, 15) is 15.3 Å². The molecule has 0 aliphatic heterocycles. The molecule has 21 heavy (non-hydrogen) atoms. The second-order valence-electron chi connectivity index (χ2n) is 8.02. The lowest BCUT2D eigenvalue weighted by Crippen LogP contribution is -2.16. The first-order valence-electron chi connectivity index (χ1n) is 8.79. The van der Waals surface area contributed by atoms with Crippen molar-refractivity contribution in [1.29, 1.82) is 0 Å². The minimum absolute atomic E-state index is 0.0393. The highest BCUT2D eigenvalue weighted by Crippen LogP contribution is 2.49. The third-order valence-corrected chi connectivity index (χ3v) is 5.26. The Morgan fingerprint density at radius 1 is 0.952 bits per heavy atom. The van der Waals surface area contributed by atoms with Gasteiger partial charge >= 0.3 is 0 Å². The highest BCUT2D eigenvalue weighted by atomic mass is 16.3. The van der Waals surface area contributed by atoms with Gasteiger partial charge in [0.05, 0.1) is 0 Å². The molecule has 0 spiro atoms. The van der Waals surface area contributed by atoms with Gasteiger partial charge in [-0.3, -0.25) is 0 Å². The van der Waals surface area contributed by atoms with Crippen molar-refractivity contribution in [2.45, 2.75) is 78.1 Å². The normalized spacial score (nSPS) is 18.7. The highest BCUT2D eigenvalue weighted by molar-refractivity contribution is 4.91. The first-order valence-corrected chi connectivity index (χ1v) is 8.79. The predicted octanol–water partition coefficient (Wildman–Crippen LogP) is 3.51. The molecule has 0 aromatic rings. The zero-order chi connectivity index (χ0) is 15.8. The summed E-state index contributed by atoms with van der Waals surface area (Å²) in [5.41, 5.74) is 0.322. The number of aliphatic hydroxyl groups excluding tert-OH is 3. The summed E-state index contributed by atoms with van der Waals surface area (Å²) in [6, 6.07) is 0. The molecular weight excluding hydrogens is 264 g/mol. The lowest BCUT2D eigenvalue weighted by Gasteiger charge is -2.22. The second-order valence-corrected chi connectivity index (χ2v) is 8.02. The van der Waals surface area contributed by atoms with Gasteiger partial charge in [0.2, 0.25) is 0 Å². The van der Waals surface area contributed by atoms with E-state index >= 15 is 0 Å². The standard InChI is InChI=1S/C18H36O3/c1-17(2,14-20)9-5-3-7-16(13-19)8-4-6-10-18(15-21)11-12-18/h16,19-21H,3-15H2,1-2H3. The third kappa shape index (κ3) is 7.62. The average molecular weight is 300 g/mol. The predicted molar refractivity (Wildman–Crippen MR) is 87.1 cm³/mol. The Bertz CT molecular complexity index is 258. The van der Waals surface area contributed by atoms with Crippen molar-refractivity contribution in [3.05, 3.63) is 0 Å². The van der Waals surface area contributed by atoms with E-state index in [2.05, 4.69) is 13.8 Å². The van der Waals surface area contributed by atoms with Crippen molar-refractivity contribution in [2.24, 2.45) is 16.7 Å². The van der Waals surface area contributed by atoms with E-state index in [0.29, 0.717) is 19.1 Å². The molecule has 1 saturated carbocycles. The van der Waals surface area contributed by atoms with Gasteiger partial charge in [0, 0.05) is 19.8 Å². The lowest BCUT2D eigenvalue weighted by atomic mass is 9.86. The first-order chi connectivity index (χ1) is 9.97.